The van der Waals surface area contributed by atoms with E-state index in [1.54, 1.807) is 0 Å². The van der Waals surface area contributed by atoms with Crippen molar-refractivity contribution in [2.24, 2.45) is 0 Å². The van der Waals surface area contributed by atoms with Gasteiger partial charge >= 0.3 is 0 Å². The van der Waals surface area contributed by atoms with Crippen LogP contribution >= 0.6 is 0 Å². The van der Waals surface area contributed by atoms with Gasteiger partial charge in [0, 0.05) is 70.3 Å². The van der Waals surface area contributed by atoms with Crippen molar-refractivity contribution >= 4 is 105 Å². The van der Waals surface area contributed by atoms with Crippen LogP contribution in [0.2, 0.25) is 0 Å². The normalized spacial score (nSPS) is 13.2. The fraction of sp³-hybridized carbons (Fsp3) is 0.0370. The summed E-state index contributed by atoms with van der Waals surface area (Å²) >= 11 is 0. The van der Waals surface area contributed by atoms with Gasteiger partial charge in [-0.1, -0.05) is 127 Å². The van der Waals surface area contributed by atoms with Crippen LogP contribution in [0.5, 0.6) is 0 Å². The second kappa shape index (κ2) is 11.4. The Labute approximate surface area is 337 Å². The Bertz CT molecular complexity index is 4070. The van der Waals surface area contributed by atoms with Crippen LogP contribution in [-0.2, 0) is 0 Å². The molecule has 59 heavy (non-hydrogen) atoms. The van der Waals surface area contributed by atoms with Crippen LogP contribution in [0.3, 0.4) is 0 Å². The van der Waals surface area contributed by atoms with Gasteiger partial charge in [0.05, 0.1) is 44.3 Å². The SMILES string of the molecule is C1=c2c(n3c4ccc5c(c6ccc7ccccc7c6n5-c5nc(-c6ccc7c(c6)c6ccccc6n7-c6ccccc6)c6ccccc6n5)c4c4cccc2c43)=CCC1. The summed E-state index contributed by atoms with van der Waals surface area (Å²) in [5.41, 5.74) is 11.2. The van der Waals surface area contributed by atoms with Gasteiger partial charge in [-0.05, 0) is 66.8 Å². The van der Waals surface area contributed by atoms with E-state index in [-0.39, 0.29) is 0 Å². The van der Waals surface area contributed by atoms with Gasteiger partial charge in [-0.3, -0.25) is 4.57 Å². The molecule has 5 aromatic heterocycles. The first-order valence-corrected chi connectivity index (χ1v) is 20.5. The van der Waals surface area contributed by atoms with Gasteiger partial charge in [0.25, 0.3) is 0 Å². The van der Waals surface area contributed by atoms with Crippen molar-refractivity contribution in [3.63, 3.8) is 0 Å². The summed E-state index contributed by atoms with van der Waals surface area (Å²) in [7, 11) is 0. The Balaban J connectivity index is 1.10. The summed E-state index contributed by atoms with van der Waals surface area (Å²) in [5, 5.41) is 14.8. The molecule has 1 aliphatic carbocycles. The summed E-state index contributed by atoms with van der Waals surface area (Å²) in [4.78, 5) is 11.0. The van der Waals surface area contributed by atoms with Gasteiger partial charge < -0.3 is 8.97 Å². The van der Waals surface area contributed by atoms with Crippen LogP contribution < -0.4 is 10.6 Å². The molecule has 0 radical (unpaired) electrons. The number of nitrogens with zero attached hydrogens (tertiary/aromatic N) is 5. The minimum absolute atomic E-state index is 0.665. The molecule has 0 amide bonds. The quantitative estimate of drug-likeness (QED) is 0.180. The number of rotatable bonds is 3. The first kappa shape index (κ1) is 31.3. The fourth-order valence-electron chi connectivity index (χ4n) is 10.6. The highest BCUT2D eigenvalue weighted by molar-refractivity contribution is 6.32. The molecule has 0 saturated heterocycles. The molecule has 0 atom stereocenters. The molecular weight excluding hydrogens is 719 g/mol. The minimum atomic E-state index is 0.665. The lowest BCUT2D eigenvalue weighted by atomic mass is 10.0. The lowest BCUT2D eigenvalue weighted by Crippen LogP contribution is -2.27. The molecule has 0 aliphatic heterocycles. The summed E-state index contributed by atoms with van der Waals surface area (Å²) in [6.07, 6.45) is 7.00. The molecule has 0 bridgehead atoms. The maximum atomic E-state index is 5.62. The van der Waals surface area contributed by atoms with Crippen LogP contribution in [0.4, 0.5) is 0 Å². The summed E-state index contributed by atoms with van der Waals surface area (Å²) < 4.78 is 7.22. The molecule has 8 aromatic carbocycles. The maximum Gasteiger partial charge on any atom is 0.235 e. The van der Waals surface area contributed by atoms with E-state index in [0.29, 0.717) is 5.95 Å². The number of para-hydroxylation sites is 4. The zero-order chi connectivity index (χ0) is 38.3. The van der Waals surface area contributed by atoms with E-state index in [0.717, 1.165) is 51.7 Å². The lowest BCUT2D eigenvalue weighted by molar-refractivity contribution is 1.02. The predicted molar refractivity (Wildman–Crippen MR) is 246 cm³/mol. The van der Waals surface area contributed by atoms with E-state index >= 15 is 0 Å². The molecule has 0 spiro atoms. The smallest absolute Gasteiger partial charge is 0.235 e. The Hall–Kier alpha value is -7.76. The van der Waals surface area contributed by atoms with Crippen LogP contribution in [0.1, 0.15) is 12.8 Å². The van der Waals surface area contributed by atoms with Crippen molar-refractivity contribution in [2.75, 3.05) is 0 Å². The largest absolute Gasteiger partial charge is 0.309 e. The Morgan fingerprint density at radius 3 is 2.05 bits per heavy atom. The number of fused-ring (bicyclic) bond motifs is 16. The molecule has 0 N–H and O–H groups in total. The van der Waals surface area contributed by atoms with Crippen LogP contribution in [-0.4, -0.2) is 23.5 Å². The van der Waals surface area contributed by atoms with Gasteiger partial charge in [0.15, 0.2) is 0 Å². The van der Waals surface area contributed by atoms with Crippen molar-refractivity contribution in [1.29, 1.82) is 0 Å². The van der Waals surface area contributed by atoms with Gasteiger partial charge in [-0.15, -0.1) is 0 Å². The van der Waals surface area contributed by atoms with E-state index < -0.39 is 0 Å². The van der Waals surface area contributed by atoms with Crippen molar-refractivity contribution in [1.82, 2.24) is 23.5 Å². The summed E-state index contributed by atoms with van der Waals surface area (Å²) in [6, 6.07) is 59.4. The predicted octanol–water partition coefficient (Wildman–Crippen LogP) is 12.0. The molecule has 14 rings (SSSR count). The number of benzene rings is 8. The van der Waals surface area contributed by atoms with E-state index in [1.165, 1.54) is 81.1 Å². The van der Waals surface area contributed by atoms with E-state index in [9.17, 15) is 0 Å². The summed E-state index contributed by atoms with van der Waals surface area (Å²) in [6.45, 7) is 0. The Morgan fingerprint density at radius 2 is 1.12 bits per heavy atom. The Morgan fingerprint density at radius 1 is 0.424 bits per heavy atom. The van der Waals surface area contributed by atoms with Crippen LogP contribution in [0.15, 0.2) is 164 Å². The van der Waals surface area contributed by atoms with Crippen molar-refractivity contribution < 1.29 is 0 Å². The van der Waals surface area contributed by atoms with Gasteiger partial charge in [0.2, 0.25) is 5.95 Å². The van der Waals surface area contributed by atoms with E-state index in [1.807, 2.05) is 0 Å². The first-order valence-electron chi connectivity index (χ1n) is 20.5. The van der Waals surface area contributed by atoms with Gasteiger partial charge in [-0.2, -0.15) is 0 Å². The third-order valence-corrected chi connectivity index (χ3v) is 13.0. The highest BCUT2D eigenvalue weighted by atomic mass is 15.2. The second-order valence-electron chi connectivity index (χ2n) is 16.0. The number of hydrogen-bond acceptors (Lipinski definition) is 2. The Kier molecular flexibility index (Phi) is 6.07. The van der Waals surface area contributed by atoms with Gasteiger partial charge in [0.1, 0.15) is 0 Å². The lowest BCUT2D eigenvalue weighted by Gasteiger charge is -2.13. The maximum absolute atomic E-state index is 5.62. The van der Waals surface area contributed by atoms with Crippen molar-refractivity contribution in [3.05, 3.63) is 174 Å². The van der Waals surface area contributed by atoms with E-state index in [4.69, 9.17) is 9.97 Å². The molecule has 1 aliphatic rings. The molecule has 0 fully saturated rings. The minimum Gasteiger partial charge on any atom is -0.309 e. The third kappa shape index (κ3) is 4.08. The van der Waals surface area contributed by atoms with Crippen molar-refractivity contribution in [2.45, 2.75) is 12.8 Å². The molecule has 5 heterocycles. The average Bonchev–Trinajstić information content (AvgIpc) is 4.03. The van der Waals surface area contributed by atoms with Crippen LogP contribution in [0.25, 0.3) is 128 Å². The zero-order valence-corrected chi connectivity index (χ0v) is 31.9. The monoisotopic (exact) mass is 751 g/mol. The van der Waals surface area contributed by atoms with Gasteiger partial charge in [-0.25, -0.2) is 9.97 Å². The second-order valence-corrected chi connectivity index (χ2v) is 16.0. The number of aromatic nitrogens is 5. The summed E-state index contributed by atoms with van der Waals surface area (Å²) in [5.74, 6) is 0.665. The average molecular weight is 752 g/mol. The first-order chi connectivity index (χ1) is 29.3. The number of hydrogen-bond donors (Lipinski definition) is 0. The molecule has 274 valence electrons. The highest BCUT2D eigenvalue weighted by Gasteiger charge is 2.25. The molecule has 5 heteroatoms. The molecule has 13 aromatic rings. The topological polar surface area (TPSA) is 40.0 Å². The van der Waals surface area contributed by atoms with E-state index in [2.05, 4.69) is 189 Å². The standard InChI is InChI=1S/C54H33N5/c1-2-14-34(15-3-1)57-44-23-10-8-18-37(44)42-31-33(26-28-46(42)57)51-39-19-6-9-22-43(39)55-54(56-51)59-48-30-29-47-49(50(48)41-27-25-32-13-4-5-16-35(32)52(41)59)40-21-12-20-38-36-17-7-11-24-45(36)58(47)53(38)40/h1-6,8-10,12-31H,7,11H2. The highest BCUT2D eigenvalue weighted by Crippen LogP contribution is 2.44. The van der Waals surface area contributed by atoms with Crippen LogP contribution in [0, 0.1) is 0 Å². The third-order valence-electron chi connectivity index (χ3n) is 13.0. The molecule has 5 nitrogen and oxygen atoms in total. The molecule has 0 saturated carbocycles. The molecular formula is C54H33N5. The fourth-order valence-corrected chi connectivity index (χ4v) is 10.6. The molecule has 0 unspecified atom stereocenters. The zero-order valence-electron chi connectivity index (χ0n) is 31.9. The van der Waals surface area contributed by atoms with Crippen molar-refractivity contribution in [3.8, 4) is 22.9 Å².